The summed E-state index contributed by atoms with van der Waals surface area (Å²) in [7, 11) is 0. The number of benzene rings is 1. The molecule has 0 amide bonds. The van der Waals surface area contributed by atoms with Gasteiger partial charge in [0.1, 0.15) is 5.82 Å². The predicted molar refractivity (Wildman–Crippen MR) is 88.1 cm³/mol. The van der Waals surface area contributed by atoms with Crippen LogP contribution in [0.2, 0.25) is 0 Å². The normalized spacial score (nSPS) is 11.0. The molecule has 4 nitrogen and oxygen atoms in total. The van der Waals surface area contributed by atoms with Gasteiger partial charge in [0.25, 0.3) is 0 Å². The molecule has 0 aliphatic carbocycles. The Bertz CT molecular complexity index is 746. The zero-order valence-corrected chi connectivity index (χ0v) is 13.3. The summed E-state index contributed by atoms with van der Waals surface area (Å²) in [5, 5.41) is 4.38. The summed E-state index contributed by atoms with van der Waals surface area (Å²) in [6, 6.07) is 8.22. The van der Waals surface area contributed by atoms with Crippen LogP contribution in [0.1, 0.15) is 29.0 Å². The van der Waals surface area contributed by atoms with Crippen molar-refractivity contribution in [3.05, 3.63) is 46.4 Å². The number of hydrogen-bond donors (Lipinski definition) is 1. The van der Waals surface area contributed by atoms with Gasteiger partial charge in [-0.3, -0.25) is 4.98 Å². The van der Waals surface area contributed by atoms with Gasteiger partial charge in [0, 0.05) is 13.0 Å². The number of anilines is 1. The minimum absolute atomic E-state index is 0.718. The maximum absolute atomic E-state index is 4.70. The number of hydrogen-bond acceptors (Lipinski definition) is 5. The number of rotatable bonds is 4. The van der Waals surface area contributed by atoms with Crippen molar-refractivity contribution in [1.29, 1.82) is 0 Å². The van der Waals surface area contributed by atoms with Crippen LogP contribution < -0.4 is 5.32 Å². The van der Waals surface area contributed by atoms with Crippen molar-refractivity contribution < 1.29 is 0 Å². The lowest BCUT2D eigenvalue weighted by atomic mass is 10.2. The number of nitrogens with zero attached hydrogens (tertiary/aromatic N) is 3. The lowest BCUT2D eigenvalue weighted by Gasteiger charge is -2.10. The number of thiazole rings is 1. The van der Waals surface area contributed by atoms with Crippen molar-refractivity contribution >= 4 is 27.4 Å². The first-order valence-corrected chi connectivity index (χ1v) is 7.91. The van der Waals surface area contributed by atoms with E-state index in [1.165, 1.54) is 4.70 Å². The molecule has 0 aliphatic rings. The second kappa shape index (κ2) is 5.77. The summed E-state index contributed by atoms with van der Waals surface area (Å²) in [6.45, 7) is 6.90. The van der Waals surface area contributed by atoms with E-state index in [2.05, 4.69) is 28.3 Å². The topological polar surface area (TPSA) is 50.7 Å². The van der Waals surface area contributed by atoms with Gasteiger partial charge in [0.05, 0.1) is 32.3 Å². The van der Waals surface area contributed by atoms with E-state index in [1.807, 2.05) is 32.0 Å². The van der Waals surface area contributed by atoms with E-state index in [1.54, 1.807) is 11.3 Å². The van der Waals surface area contributed by atoms with Crippen LogP contribution in [0.25, 0.3) is 10.2 Å². The number of nitrogens with one attached hydrogen (secondary N) is 1. The van der Waals surface area contributed by atoms with Crippen LogP contribution in [0, 0.1) is 13.8 Å². The van der Waals surface area contributed by atoms with E-state index in [0.717, 1.165) is 46.4 Å². The molecule has 21 heavy (non-hydrogen) atoms. The molecule has 0 unspecified atom stereocenters. The molecule has 1 N–H and O–H groups in total. The molecule has 0 spiro atoms. The van der Waals surface area contributed by atoms with Crippen molar-refractivity contribution in [3.8, 4) is 0 Å². The van der Waals surface area contributed by atoms with Gasteiger partial charge < -0.3 is 5.32 Å². The van der Waals surface area contributed by atoms with E-state index in [-0.39, 0.29) is 0 Å². The molecule has 2 heterocycles. The number of aromatic nitrogens is 3. The van der Waals surface area contributed by atoms with Gasteiger partial charge in [-0.2, -0.15) is 0 Å². The summed E-state index contributed by atoms with van der Waals surface area (Å²) in [5.41, 5.74) is 3.98. The lowest BCUT2D eigenvalue weighted by Crippen LogP contribution is -2.09. The smallest absolute Gasteiger partial charge is 0.148 e. The Hall–Kier alpha value is -2.01. The van der Waals surface area contributed by atoms with E-state index in [9.17, 15) is 0 Å². The highest BCUT2D eigenvalue weighted by Crippen LogP contribution is 2.25. The lowest BCUT2D eigenvalue weighted by molar-refractivity contribution is 0.947. The van der Waals surface area contributed by atoms with Gasteiger partial charge in [0.15, 0.2) is 0 Å². The molecular weight excluding hydrogens is 280 g/mol. The Kier molecular flexibility index (Phi) is 3.84. The molecule has 3 aromatic rings. The van der Waals surface area contributed by atoms with Gasteiger partial charge in [0.2, 0.25) is 0 Å². The Balaban J connectivity index is 1.98. The molecule has 0 saturated carbocycles. The van der Waals surface area contributed by atoms with Crippen LogP contribution in [0.5, 0.6) is 0 Å². The van der Waals surface area contributed by atoms with Crippen molar-refractivity contribution in [2.24, 2.45) is 0 Å². The highest BCUT2D eigenvalue weighted by atomic mass is 32.1. The third-order valence-electron chi connectivity index (χ3n) is 3.38. The second-order valence-electron chi connectivity index (χ2n) is 4.97. The summed E-state index contributed by atoms with van der Waals surface area (Å²) < 4.78 is 1.22. The zero-order chi connectivity index (χ0) is 14.8. The summed E-state index contributed by atoms with van der Waals surface area (Å²) >= 11 is 1.72. The third-order valence-corrected chi connectivity index (χ3v) is 4.42. The maximum Gasteiger partial charge on any atom is 0.148 e. The largest absolute Gasteiger partial charge is 0.369 e. The minimum Gasteiger partial charge on any atom is -0.369 e. The first-order valence-electron chi connectivity index (χ1n) is 7.10. The average Bonchev–Trinajstić information content (AvgIpc) is 2.87. The van der Waals surface area contributed by atoms with Crippen molar-refractivity contribution in [2.75, 3.05) is 11.9 Å². The molecule has 0 radical (unpaired) electrons. The number of fused-ring (bicyclic) bond motifs is 1. The van der Waals surface area contributed by atoms with Gasteiger partial charge in [-0.1, -0.05) is 12.1 Å². The molecule has 108 valence electrons. The van der Waals surface area contributed by atoms with Gasteiger partial charge >= 0.3 is 0 Å². The highest BCUT2D eigenvalue weighted by molar-refractivity contribution is 7.18. The number of aryl methyl sites for hydroxylation is 2. The Labute approximate surface area is 128 Å². The Morgan fingerprint density at radius 1 is 1.05 bits per heavy atom. The van der Waals surface area contributed by atoms with Crippen LogP contribution in [-0.2, 0) is 6.42 Å². The summed E-state index contributed by atoms with van der Waals surface area (Å²) in [4.78, 5) is 14.0. The molecule has 0 bridgehead atoms. The fourth-order valence-corrected chi connectivity index (χ4v) is 3.19. The second-order valence-corrected chi connectivity index (χ2v) is 6.09. The molecule has 3 rings (SSSR count). The summed E-state index contributed by atoms with van der Waals surface area (Å²) in [6.07, 6.45) is 0.718. The highest BCUT2D eigenvalue weighted by Gasteiger charge is 2.12. The molecule has 0 saturated heterocycles. The first kappa shape index (κ1) is 13.9. The molecule has 5 heteroatoms. The van der Waals surface area contributed by atoms with Crippen LogP contribution in [0.4, 0.5) is 5.82 Å². The van der Waals surface area contributed by atoms with Crippen LogP contribution in [-0.4, -0.2) is 21.5 Å². The molecule has 0 fully saturated rings. The van der Waals surface area contributed by atoms with Gasteiger partial charge in [-0.25, -0.2) is 9.97 Å². The van der Waals surface area contributed by atoms with Gasteiger partial charge in [-0.05, 0) is 32.9 Å². The standard InChI is InChI=1S/C16H18N4S/c1-4-17-16-13(18-10(2)11(3)19-16)9-15-20-12-7-5-6-8-14(12)21-15/h5-8H,4,9H2,1-3H3,(H,17,19). The molecule has 1 aromatic carbocycles. The van der Waals surface area contributed by atoms with Crippen LogP contribution >= 0.6 is 11.3 Å². The van der Waals surface area contributed by atoms with Crippen LogP contribution in [0.15, 0.2) is 24.3 Å². The molecular formula is C16H18N4S. The summed E-state index contributed by atoms with van der Waals surface area (Å²) in [5.74, 6) is 0.875. The first-order chi connectivity index (χ1) is 10.2. The quantitative estimate of drug-likeness (QED) is 0.797. The van der Waals surface area contributed by atoms with Crippen molar-refractivity contribution in [3.63, 3.8) is 0 Å². The van der Waals surface area contributed by atoms with E-state index >= 15 is 0 Å². The Morgan fingerprint density at radius 2 is 1.81 bits per heavy atom. The van der Waals surface area contributed by atoms with E-state index in [0.29, 0.717) is 0 Å². The van der Waals surface area contributed by atoms with Crippen molar-refractivity contribution in [2.45, 2.75) is 27.2 Å². The van der Waals surface area contributed by atoms with Crippen LogP contribution in [0.3, 0.4) is 0 Å². The Morgan fingerprint density at radius 3 is 2.57 bits per heavy atom. The fraction of sp³-hybridized carbons (Fsp3) is 0.312. The molecule has 2 aromatic heterocycles. The fourth-order valence-electron chi connectivity index (χ4n) is 2.22. The SMILES string of the molecule is CCNc1nc(C)c(C)nc1Cc1nc2ccccc2s1. The third kappa shape index (κ3) is 2.88. The zero-order valence-electron chi connectivity index (χ0n) is 12.5. The maximum atomic E-state index is 4.70. The number of para-hydroxylation sites is 1. The van der Waals surface area contributed by atoms with E-state index in [4.69, 9.17) is 4.98 Å². The molecule has 0 atom stereocenters. The minimum atomic E-state index is 0.718. The molecule has 0 aliphatic heterocycles. The monoisotopic (exact) mass is 298 g/mol. The van der Waals surface area contributed by atoms with E-state index < -0.39 is 0 Å². The average molecular weight is 298 g/mol. The van der Waals surface area contributed by atoms with Gasteiger partial charge in [-0.15, -0.1) is 11.3 Å². The van der Waals surface area contributed by atoms with Crippen molar-refractivity contribution in [1.82, 2.24) is 15.0 Å². The predicted octanol–water partition coefficient (Wildman–Crippen LogP) is 3.73.